The highest BCUT2D eigenvalue weighted by atomic mass is 32.2. The maximum Gasteiger partial charge on any atom is 0.449 e. The summed E-state index contributed by atoms with van der Waals surface area (Å²) in [6.45, 7) is 0. The van der Waals surface area contributed by atoms with Crippen molar-refractivity contribution in [1.29, 1.82) is 0 Å². The van der Waals surface area contributed by atoms with Gasteiger partial charge in [0.2, 0.25) is 0 Å². The highest BCUT2D eigenvalue weighted by molar-refractivity contribution is 7.89. The van der Waals surface area contributed by atoms with E-state index >= 15 is 0 Å². The van der Waals surface area contributed by atoms with E-state index in [-0.39, 0.29) is 10.6 Å². The lowest BCUT2D eigenvalue weighted by Gasteiger charge is -2.23. The van der Waals surface area contributed by atoms with E-state index in [2.05, 4.69) is 5.43 Å². The molecular formula is C19H16N2O4S. The average Bonchev–Trinajstić information content (AvgIpc) is 2.68. The van der Waals surface area contributed by atoms with Gasteiger partial charge in [-0.1, -0.05) is 54.6 Å². The van der Waals surface area contributed by atoms with Gasteiger partial charge in [-0.05, 0) is 36.4 Å². The molecule has 0 aliphatic rings. The predicted molar refractivity (Wildman–Crippen MR) is 98.0 cm³/mol. The second-order valence-corrected chi connectivity index (χ2v) is 7.03. The van der Waals surface area contributed by atoms with Crippen LogP contribution < -0.4 is 10.2 Å². The van der Waals surface area contributed by atoms with E-state index in [1.54, 1.807) is 78.9 Å². The third kappa shape index (κ3) is 4.01. The second kappa shape index (κ2) is 7.71. The summed E-state index contributed by atoms with van der Waals surface area (Å²) in [5.41, 5.74) is 3.04. The molecule has 3 aromatic carbocycles. The second-order valence-electron chi connectivity index (χ2n) is 5.24. The van der Waals surface area contributed by atoms with Crippen LogP contribution in [0.5, 0.6) is 5.75 Å². The van der Waals surface area contributed by atoms with Crippen molar-refractivity contribution in [3.05, 3.63) is 91.0 Å². The SMILES string of the molecule is O=C(Oc1ccccc1)N(Nc1ccccc1)S(=O)(=O)c1ccccc1. The number of amides is 1. The molecule has 0 saturated heterocycles. The zero-order valence-electron chi connectivity index (χ0n) is 13.6. The molecule has 0 unspecified atom stereocenters. The number of hydrogen-bond donors (Lipinski definition) is 1. The van der Waals surface area contributed by atoms with E-state index < -0.39 is 16.1 Å². The predicted octanol–water partition coefficient (Wildman–Crippen LogP) is 3.90. The highest BCUT2D eigenvalue weighted by Crippen LogP contribution is 2.20. The van der Waals surface area contributed by atoms with Crippen LogP contribution in [0.25, 0.3) is 0 Å². The lowest BCUT2D eigenvalue weighted by Crippen LogP contribution is -2.43. The van der Waals surface area contributed by atoms with Gasteiger partial charge in [-0.3, -0.25) is 5.43 Å². The summed E-state index contributed by atoms with van der Waals surface area (Å²) in [6.07, 6.45) is -1.07. The molecule has 0 aliphatic heterocycles. The van der Waals surface area contributed by atoms with Gasteiger partial charge in [-0.25, -0.2) is 4.79 Å². The van der Waals surface area contributed by atoms with Gasteiger partial charge < -0.3 is 4.74 Å². The quantitative estimate of drug-likeness (QED) is 0.691. The number of rotatable bonds is 5. The Balaban J connectivity index is 1.95. The zero-order valence-corrected chi connectivity index (χ0v) is 14.5. The minimum atomic E-state index is -4.17. The van der Waals surface area contributed by atoms with Gasteiger partial charge in [0.05, 0.1) is 10.6 Å². The molecule has 1 amide bonds. The summed E-state index contributed by atoms with van der Waals surface area (Å²) in [5, 5.41) is 0. The molecule has 0 spiro atoms. The minimum absolute atomic E-state index is 0.0338. The first-order chi connectivity index (χ1) is 12.6. The topological polar surface area (TPSA) is 75.7 Å². The summed E-state index contributed by atoms with van der Waals surface area (Å²) in [5.74, 6) is 0.237. The Bertz CT molecular complexity index is 962. The van der Waals surface area contributed by atoms with Crippen LogP contribution in [0.15, 0.2) is 95.9 Å². The number of para-hydroxylation sites is 2. The number of carbonyl (C=O) groups is 1. The fourth-order valence-electron chi connectivity index (χ4n) is 2.16. The molecule has 0 saturated carbocycles. The van der Waals surface area contributed by atoms with Crippen LogP contribution in [-0.4, -0.2) is 18.9 Å². The van der Waals surface area contributed by atoms with Crippen molar-refractivity contribution in [1.82, 2.24) is 4.41 Å². The van der Waals surface area contributed by atoms with Crippen LogP contribution in [-0.2, 0) is 10.0 Å². The molecule has 0 heterocycles. The van der Waals surface area contributed by atoms with Crippen LogP contribution in [0.4, 0.5) is 10.5 Å². The van der Waals surface area contributed by atoms with Gasteiger partial charge >= 0.3 is 6.09 Å². The molecule has 0 bridgehead atoms. The van der Waals surface area contributed by atoms with Crippen LogP contribution >= 0.6 is 0 Å². The Kier molecular flexibility index (Phi) is 5.19. The lowest BCUT2D eigenvalue weighted by molar-refractivity contribution is 0.184. The molecule has 6 nitrogen and oxygen atoms in total. The molecule has 0 aliphatic carbocycles. The lowest BCUT2D eigenvalue weighted by atomic mass is 10.3. The molecule has 0 aromatic heterocycles. The molecule has 26 heavy (non-hydrogen) atoms. The van der Waals surface area contributed by atoms with Gasteiger partial charge in [-0.2, -0.15) is 8.42 Å². The average molecular weight is 368 g/mol. The summed E-state index contributed by atoms with van der Waals surface area (Å²) < 4.78 is 31.6. The van der Waals surface area contributed by atoms with Gasteiger partial charge in [0, 0.05) is 0 Å². The number of nitrogens with one attached hydrogen (secondary N) is 1. The van der Waals surface area contributed by atoms with Gasteiger partial charge in [0.15, 0.2) is 0 Å². The van der Waals surface area contributed by atoms with E-state index in [0.29, 0.717) is 10.1 Å². The fourth-order valence-corrected chi connectivity index (χ4v) is 3.33. The first-order valence-electron chi connectivity index (χ1n) is 7.76. The third-order valence-electron chi connectivity index (χ3n) is 3.40. The molecule has 3 rings (SSSR count). The van der Waals surface area contributed by atoms with Crippen LogP contribution in [0, 0.1) is 0 Å². The number of carbonyl (C=O) groups excluding carboxylic acids is 1. The van der Waals surface area contributed by atoms with Crippen molar-refractivity contribution in [3.63, 3.8) is 0 Å². The molecule has 132 valence electrons. The summed E-state index contributed by atoms with van der Waals surface area (Å²) in [6, 6.07) is 24.4. The number of anilines is 1. The zero-order chi connectivity index (χ0) is 18.4. The molecule has 0 atom stereocenters. The minimum Gasteiger partial charge on any atom is -0.408 e. The number of hydrogen-bond acceptors (Lipinski definition) is 5. The number of nitrogens with zero attached hydrogens (tertiary/aromatic N) is 1. The molecule has 0 radical (unpaired) electrons. The monoisotopic (exact) mass is 368 g/mol. The van der Waals surface area contributed by atoms with E-state index in [9.17, 15) is 13.2 Å². The number of sulfonamides is 1. The van der Waals surface area contributed by atoms with Crippen molar-refractivity contribution in [2.45, 2.75) is 4.90 Å². The third-order valence-corrected chi connectivity index (χ3v) is 4.99. The fraction of sp³-hybridized carbons (Fsp3) is 0. The highest BCUT2D eigenvalue weighted by Gasteiger charge is 2.31. The van der Waals surface area contributed by atoms with E-state index in [1.807, 2.05) is 0 Å². The summed E-state index contributed by atoms with van der Waals surface area (Å²) >= 11 is 0. The summed E-state index contributed by atoms with van der Waals surface area (Å²) in [4.78, 5) is 12.6. The van der Waals surface area contributed by atoms with Crippen LogP contribution in [0.3, 0.4) is 0 Å². The number of ether oxygens (including phenoxy) is 1. The number of benzene rings is 3. The Morgan fingerprint density at radius 1 is 0.769 bits per heavy atom. The van der Waals surface area contributed by atoms with Crippen LogP contribution in [0.1, 0.15) is 0 Å². The Hall–Kier alpha value is -3.32. The molecule has 3 aromatic rings. The first-order valence-corrected chi connectivity index (χ1v) is 9.20. The van der Waals surface area contributed by atoms with Crippen molar-refractivity contribution in [2.24, 2.45) is 0 Å². The van der Waals surface area contributed by atoms with E-state index in [1.165, 1.54) is 12.1 Å². The smallest absolute Gasteiger partial charge is 0.408 e. The van der Waals surface area contributed by atoms with Crippen molar-refractivity contribution in [3.8, 4) is 5.75 Å². The van der Waals surface area contributed by atoms with Crippen molar-refractivity contribution in [2.75, 3.05) is 5.43 Å². The van der Waals surface area contributed by atoms with Gasteiger partial charge in [0.25, 0.3) is 10.0 Å². The van der Waals surface area contributed by atoms with Crippen molar-refractivity contribution < 1.29 is 17.9 Å². The largest absolute Gasteiger partial charge is 0.449 e. The summed E-state index contributed by atoms with van der Waals surface area (Å²) in [7, 11) is -4.17. The van der Waals surface area contributed by atoms with E-state index in [4.69, 9.17) is 4.74 Å². The normalized spacial score (nSPS) is 10.8. The standard InChI is InChI=1S/C19H16N2O4S/c22-19(25-17-12-6-2-7-13-17)21(20-16-10-4-1-5-11-16)26(23,24)18-14-8-3-9-15-18/h1-15,20H. The first kappa shape index (κ1) is 17.5. The molecule has 7 heteroatoms. The maximum absolute atomic E-state index is 12.9. The van der Waals surface area contributed by atoms with Crippen molar-refractivity contribution >= 4 is 21.8 Å². The number of hydrazine groups is 1. The molecular weight excluding hydrogens is 352 g/mol. The maximum atomic E-state index is 12.9. The van der Waals surface area contributed by atoms with E-state index in [0.717, 1.165) is 0 Å². The molecule has 0 fully saturated rings. The van der Waals surface area contributed by atoms with Crippen LogP contribution in [0.2, 0.25) is 0 Å². The van der Waals surface area contributed by atoms with Gasteiger partial charge in [-0.15, -0.1) is 4.41 Å². The Morgan fingerprint density at radius 2 is 1.27 bits per heavy atom. The Morgan fingerprint density at radius 3 is 1.85 bits per heavy atom. The Labute approximate surface area is 151 Å². The molecule has 1 N–H and O–H groups in total. The van der Waals surface area contributed by atoms with Gasteiger partial charge in [0.1, 0.15) is 5.75 Å².